The second-order valence-electron chi connectivity index (χ2n) is 4.17. The molecule has 1 aromatic heterocycles. The van der Waals surface area contributed by atoms with Gasteiger partial charge < -0.3 is 0 Å². The smallest absolute Gasteiger partial charge is 0.261 e. The first-order chi connectivity index (χ1) is 9.53. The van der Waals surface area contributed by atoms with Gasteiger partial charge >= 0.3 is 0 Å². The Kier molecular flexibility index (Phi) is 4.75. The van der Waals surface area contributed by atoms with Gasteiger partial charge in [0.25, 0.3) is 10.1 Å². The minimum atomic E-state index is -3.79. The molecule has 0 amide bonds. The number of halogens is 1. The van der Waals surface area contributed by atoms with E-state index < -0.39 is 10.1 Å². The fourth-order valence-corrected chi connectivity index (χ4v) is 2.69. The van der Waals surface area contributed by atoms with E-state index >= 15 is 0 Å². The molecule has 0 saturated carbocycles. The standard InChI is InChI=1S/C14H14ClNO3S/c1-2-11-5-7-13(8-6-11)20(17,18)19-10-12-4-3-9-16-14(12)15/h3-9H,2,10H2,1H3. The average Bonchev–Trinajstić information content (AvgIpc) is 2.46. The Balaban J connectivity index is 2.13. The molecule has 6 heteroatoms. The molecule has 0 bridgehead atoms. The minimum Gasteiger partial charge on any atom is -0.261 e. The second-order valence-corrected chi connectivity index (χ2v) is 6.14. The van der Waals surface area contributed by atoms with E-state index in [1.165, 1.54) is 6.20 Å². The third-order valence-corrected chi connectivity index (χ3v) is 4.44. The highest BCUT2D eigenvalue weighted by Gasteiger charge is 2.16. The van der Waals surface area contributed by atoms with E-state index in [4.69, 9.17) is 15.8 Å². The summed E-state index contributed by atoms with van der Waals surface area (Å²) in [6.45, 7) is 1.87. The molecule has 0 saturated heterocycles. The summed E-state index contributed by atoms with van der Waals surface area (Å²) >= 11 is 5.85. The van der Waals surface area contributed by atoms with Crippen LogP contribution in [0.5, 0.6) is 0 Å². The van der Waals surface area contributed by atoms with Crippen molar-refractivity contribution in [3.8, 4) is 0 Å². The molecule has 0 radical (unpaired) electrons. The fourth-order valence-electron chi connectivity index (χ4n) is 1.63. The van der Waals surface area contributed by atoms with E-state index in [1.807, 2.05) is 6.92 Å². The molecule has 0 fully saturated rings. The van der Waals surface area contributed by atoms with Crippen molar-refractivity contribution in [2.24, 2.45) is 0 Å². The minimum absolute atomic E-state index is 0.134. The molecule has 4 nitrogen and oxygen atoms in total. The van der Waals surface area contributed by atoms with Gasteiger partial charge in [0.05, 0.1) is 11.5 Å². The molecule has 0 atom stereocenters. The van der Waals surface area contributed by atoms with Gasteiger partial charge in [-0.05, 0) is 30.2 Å². The number of hydrogen-bond acceptors (Lipinski definition) is 4. The molecular formula is C14H14ClNO3S. The first-order valence-electron chi connectivity index (χ1n) is 6.10. The van der Waals surface area contributed by atoms with Crippen molar-refractivity contribution in [1.29, 1.82) is 0 Å². The molecule has 0 spiro atoms. The van der Waals surface area contributed by atoms with Crippen molar-refractivity contribution in [3.05, 3.63) is 58.9 Å². The van der Waals surface area contributed by atoms with Crippen LogP contribution in [0, 0.1) is 0 Å². The van der Waals surface area contributed by atoms with Crippen LogP contribution in [0.4, 0.5) is 0 Å². The monoisotopic (exact) mass is 311 g/mol. The number of aryl methyl sites for hydroxylation is 1. The van der Waals surface area contributed by atoms with E-state index in [-0.39, 0.29) is 16.7 Å². The first-order valence-corrected chi connectivity index (χ1v) is 7.89. The molecule has 0 aliphatic heterocycles. The van der Waals surface area contributed by atoms with Crippen molar-refractivity contribution >= 4 is 21.7 Å². The molecule has 106 valence electrons. The molecular weight excluding hydrogens is 298 g/mol. The summed E-state index contributed by atoms with van der Waals surface area (Å²) in [5, 5.41) is 0.240. The zero-order chi connectivity index (χ0) is 14.6. The Labute approximate surface area is 123 Å². The Bertz CT molecular complexity index is 684. The topological polar surface area (TPSA) is 56.3 Å². The Morgan fingerprint density at radius 3 is 2.50 bits per heavy atom. The molecule has 0 unspecified atom stereocenters. The highest BCUT2D eigenvalue weighted by molar-refractivity contribution is 7.86. The Hall–Kier alpha value is -1.43. The average molecular weight is 312 g/mol. The lowest BCUT2D eigenvalue weighted by atomic mass is 10.2. The molecule has 0 N–H and O–H groups in total. The zero-order valence-electron chi connectivity index (χ0n) is 10.9. The number of nitrogens with zero attached hydrogens (tertiary/aromatic N) is 1. The van der Waals surface area contributed by atoms with E-state index in [2.05, 4.69) is 4.98 Å². The Morgan fingerprint density at radius 2 is 1.90 bits per heavy atom. The van der Waals surface area contributed by atoms with E-state index in [0.717, 1.165) is 12.0 Å². The maximum absolute atomic E-state index is 12.0. The first kappa shape index (κ1) is 15.0. The SMILES string of the molecule is CCc1ccc(S(=O)(=O)OCc2cccnc2Cl)cc1. The summed E-state index contributed by atoms with van der Waals surface area (Å²) in [5.41, 5.74) is 1.60. The highest BCUT2D eigenvalue weighted by Crippen LogP contribution is 2.18. The van der Waals surface area contributed by atoms with E-state index in [9.17, 15) is 8.42 Å². The number of aromatic nitrogens is 1. The number of hydrogen-bond donors (Lipinski definition) is 0. The van der Waals surface area contributed by atoms with Crippen LogP contribution in [-0.4, -0.2) is 13.4 Å². The van der Waals surface area contributed by atoms with Gasteiger partial charge in [0.15, 0.2) is 0 Å². The Morgan fingerprint density at radius 1 is 1.20 bits per heavy atom. The largest absolute Gasteiger partial charge is 0.297 e. The lowest BCUT2D eigenvalue weighted by Crippen LogP contribution is -2.07. The van der Waals surface area contributed by atoms with E-state index in [1.54, 1.807) is 36.4 Å². The number of pyridine rings is 1. The quantitative estimate of drug-likeness (QED) is 0.628. The molecule has 2 rings (SSSR count). The molecule has 20 heavy (non-hydrogen) atoms. The van der Waals surface area contributed by atoms with Crippen molar-refractivity contribution in [2.45, 2.75) is 24.8 Å². The maximum Gasteiger partial charge on any atom is 0.297 e. The van der Waals surface area contributed by atoms with Gasteiger partial charge in [-0.25, -0.2) is 4.98 Å². The molecule has 1 heterocycles. The third-order valence-electron chi connectivity index (χ3n) is 2.83. The van der Waals surface area contributed by atoms with Crippen molar-refractivity contribution in [3.63, 3.8) is 0 Å². The van der Waals surface area contributed by atoms with Gasteiger partial charge in [-0.3, -0.25) is 4.18 Å². The van der Waals surface area contributed by atoms with Crippen molar-refractivity contribution < 1.29 is 12.6 Å². The van der Waals surface area contributed by atoms with Gasteiger partial charge in [0, 0.05) is 11.8 Å². The van der Waals surface area contributed by atoms with Crippen LogP contribution in [-0.2, 0) is 27.3 Å². The third kappa shape index (κ3) is 3.56. The fraction of sp³-hybridized carbons (Fsp3) is 0.214. The summed E-state index contributed by atoms with van der Waals surface area (Å²) < 4.78 is 29.1. The highest BCUT2D eigenvalue weighted by atomic mass is 35.5. The van der Waals surface area contributed by atoms with Crippen LogP contribution >= 0.6 is 11.6 Å². The van der Waals surface area contributed by atoms with Crippen LogP contribution in [0.1, 0.15) is 18.1 Å². The summed E-state index contributed by atoms with van der Waals surface area (Å²) in [4.78, 5) is 4.00. The van der Waals surface area contributed by atoms with Gasteiger partial charge in [-0.2, -0.15) is 8.42 Å². The van der Waals surface area contributed by atoms with Gasteiger partial charge in [-0.1, -0.05) is 36.7 Å². The molecule has 1 aromatic carbocycles. The van der Waals surface area contributed by atoms with Crippen molar-refractivity contribution in [1.82, 2.24) is 4.98 Å². The predicted molar refractivity (Wildman–Crippen MR) is 77.0 cm³/mol. The maximum atomic E-state index is 12.0. The van der Waals surface area contributed by atoms with Crippen LogP contribution in [0.15, 0.2) is 47.5 Å². The van der Waals surface area contributed by atoms with Crippen LogP contribution in [0.25, 0.3) is 0 Å². The number of benzene rings is 1. The summed E-state index contributed by atoms with van der Waals surface area (Å²) in [6, 6.07) is 9.97. The van der Waals surface area contributed by atoms with Crippen molar-refractivity contribution in [2.75, 3.05) is 0 Å². The van der Waals surface area contributed by atoms with Crippen LogP contribution < -0.4 is 0 Å². The predicted octanol–water partition coefficient (Wildman–Crippen LogP) is 3.20. The summed E-state index contributed by atoms with van der Waals surface area (Å²) in [6.07, 6.45) is 2.39. The number of rotatable bonds is 5. The zero-order valence-corrected chi connectivity index (χ0v) is 12.5. The molecule has 2 aromatic rings. The van der Waals surface area contributed by atoms with Crippen LogP contribution in [0.3, 0.4) is 0 Å². The normalized spacial score (nSPS) is 11.5. The molecule has 0 aliphatic rings. The van der Waals surface area contributed by atoms with Gasteiger partial charge in [-0.15, -0.1) is 0 Å². The van der Waals surface area contributed by atoms with Gasteiger partial charge in [0.1, 0.15) is 5.15 Å². The summed E-state index contributed by atoms with van der Waals surface area (Å²) in [5.74, 6) is 0. The lowest BCUT2D eigenvalue weighted by Gasteiger charge is -2.07. The summed E-state index contributed by atoms with van der Waals surface area (Å²) in [7, 11) is -3.79. The van der Waals surface area contributed by atoms with Crippen LogP contribution in [0.2, 0.25) is 5.15 Å². The van der Waals surface area contributed by atoms with E-state index in [0.29, 0.717) is 5.56 Å². The lowest BCUT2D eigenvalue weighted by molar-refractivity contribution is 0.307. The second kappa shape index (κ2) is 6.35. The molecule has 0 aliphatic carbocycles. The van der Waals surface area contributed by atoms with Gasteiger partial charge in [0.2, 0.25) is 0 Å².